The van der Waals surface area contributed by atoms with Crippen LogP contribution < -0.4 is 5.73 Å². The van der Waals surface area contributed by atoms with Gasteiger partial charge in [0.15, 0.2) is 0 Å². The second kappa shape index (κ2) is 5.10. The molecule has 0 spiro atoms. The predicted molar refractivity (Wildman–Crippen MR) is 61.2 cm³/mol. The van der Waals surface area contributed by atoms with E-state index in [0.717, 1.165) is 13.0 Å². The van der Waals surface area contributed by atoms with Crippen LogP contribution in [0.15, 0.2) is 0 Å². The van der Waals surface area contributed by atoms with Crippen molar-refractivity contribution in [3.63, 3.8) is 0 Å². The molecule has 0 fully saturated rings. The van der Waals surface area contributed by atoms with Gasteiger partial charge in [0.25, 0.3) is 0 Å². The molecule has 0 aromatic rings. The fraction of sp³-hybridized carbons (Fsp3) is 1.00. The first kappa shape index (κ1) is 13.9. The highest BCUT2D eigenvalue weighted by Gasteiger charge is 2.24. The van der Waals surface area contributed by atoms with Gasteiger partial charge < -0.3 is 15.7 Å². The van der Waals surface area contributed by atoms with Crippen molar-refractivity contribution in [2.75, 3.05) is 26.7 Å². The molecule has 0 aromatic heterocycles. The summed E-state index contributed by atoms with van der Waals surface area (Å²) in [5.41, 5.74) is 5.20. The standard InChI is InChI=1S/C11H26N2O/c1-6-11(4,14)9-13(5)8-10(2,3)7-12/h14H,6-9,12H2,1-5H3. The molecule has 0 heterocycles. The summed E-state index contributed by atoms with van der Waals surface area (Å²) in [7, 11) is 2.03. The maximum absolute atomic E-state index is 9.89. The zero-order valence-electron chi connectivity index (χ0n) is 10.3. The normalized spacial score (nSPS) is 17.1. The Morgan fingerprint density at radius 1 is 1.21 bits per heavy atom. The summed E-state index contributed by atoms with van der Waals surface area (Å²) in [4.78, 5) is 2.15. The molecule has 0 radical (unpaired) electrons. The number of rotatable bonds is 6. The molecule has 0 aromatic carbocycles. The SMILES string of the molecule is CCC(C)(O)CN(C)CC(C)(C)CN. The molecular weight excluding hydrogens is 176 g/mol. The maximum Gasteiger partial charge on any atom is 0.0743 e. The lowest BCUT2D eigenvalue weighted by molar-refractivity contribution is 0.0156. The van der Waals surface area contributed by atoms with Gasteiger partial charge >= 0.3 is 0 Å². The molecule has 0 saturated carbocycles. The van der Waals surface area contributed by atoms with E-state index in [4.69, 9.17) is 5.73 Å². The topological polar surface area (TPSA) is 49.5 Å². The van der Waals surface area contributed by atoms with E-state index in [-0.39, 0.29) is 5.41 Å². The van der Waals surface area contributed by atoms with Crippen LogP contribution in [0.4, 0.5) is 0 Å². The fourth-order valence-electron chi connectivity index (χ4n) is 1.54. The summed E-state index contributed by atoms with van der Waals surface area (Å²) >= 11 is 0. The fourth-order valence-corrected chi connectivity index (χ4v) is 1.54. The minimum absolute atomic E-state index is 0.124. The predicted octanol–water partition coefficient (Wildman–Crippen LogP) is 1.06. The lowest BCUT2D eigenvalue weighted by atomic mass is 9.92. The van der Waals surface area contributed by atoms with Gasteiger partial charge in [-0.1, -0.05) is 20.8 Å². The van der Waals surface area contributed by atoms with Crippen molar-refractivity contribution < 1.29 is 5.11 Å². The van der Waals surface area contributed by atoms with Crippen LogP contribution in [0, 0.1) is 5.41 Å². The van der Waals surface area contributed by atoms with Crippen LogP contribution in [-0.4, -0.2) is 42.3 Å². The molecule has 3 heteroatoms. The smallest absolute Gasteiger partial charge is 0.0743 e. The Labute approximate surface area is 88.3 Å². The zero-order valence-corrected chi connectivity index (χ0v) is 10.3. The number of nitrogens with two attached hydrogens (primary N) is 1. The Morgan fingerprint density at radius 3 is 2.07 bits per heavy atom. The van der Waals surface area contributed by atoms with Crippen molar-refractivity contribution in [1.29, 1.82) is 0 Å². The molecule has 0 rings (SSSR count). The molecule has 3 N–H and O–H groups in total. The molecule has 0 amide bonds. The van der Waals surface area contributed by atoms with Crippen molar-refractivity contribution >= 4 is 0 Å². The summed E-state index contributed by atoms with van der Waals surface area (Å²) in [6.45, 7) is 10.5. The first-order chi connectivity index (χ1) is 6.22. The summed E-state index contributed by atoms with van der Waals surface area (Å²) in [6, 6.07) is 0. The van der Waals surface area contributed by atoms with Gasteiger partial charge in [-0.2, -0.15) is 0 Å². The van der Waals surface area contributed by atoms with E-state index in [9.17, 15) is 5.11 Å². The third kappa shape index (κ3) is 5.58. The van der Waals surface area contributed by atoms with Gasteiger partial charge in [-0.05, 0) is 32.4 Å². The average molecular weight is 202 g/mol. The van der Waals surface area contributed by atoms with E-state index in [2.05, 4.69) is 18.7 Å². The first-order valence-electron chi connectivity index (χ1n) is 5.33. The molecular formula is C11H26N2O. The summed E-state index contributed by atoms with van der Waals surface area (Å²) in [6.07, 6.45) is 0.778. The average Bonchev–Trinajstić information content (AvgIpc) is 2.02. The molecule has 0 aliphatic rings. The number of hydrogen-bond donors (Lipinski definition) is 2. The summed E-state index contributed by atoms with van der Waals surface area (Å²) < 4.78 is 0. The summed E-state index contributed by atoms with van der Waals surface area (Å²) in [5.74, 6) is 0. The van der Waals surface area contributed by atoms with Gasteiger partial charge in [-0.3, -0.25) is 0 Å². The third-order valence-corrected chi connectivity index (χ3v) is 2.62. The van der Waals surface area contributed by atoms with Crippen molar-refractivity contribution in [2.24, 2.45) is 11.1 Å². The van der Waals surface area contributed by atoms with Gasteiger partial charge in [0.1, 0.15) is 0 Å². The number of hydrogen-bond acceptors (Lipinski definition) is 3. The molecule has 1 unspecified atom stereocenters. The molecule has 3 nitrogen and oxygen atoms in total. The van der Waals surface area contributed by atoms with Crippen LogP contribution in [0.5, 0.6) is 0 Å². The van der Waals surface area contributed by atoms with E-state index in [1.165, 1.54) is 0 Å². The largest absolute Gasteiger partial charge is 0.389 e. The van der Waals surface area contributed by atoms with Crippen LogP contribution in [0.25, 0.3) is 0 Å². The van der Waals surface area contributed by atoms with Crippen LogP contribution in [0.3, 0.4) is 0 Å². The lowest BCUT2D eigenvalue weighted by Crippen LogP contribution is -2.44. The number of nitrogens with zero attached hydrogens (tertiary/aromatic N) is 1. The van der Waals surface area contributed by atoms with E-state index < -0.39 is 5.60 Å². The quantitative estimate of drug-likeness (QED) is 0.677. The van der Waals surface area contributed by atoms with Gasteiger partial charge in [0, 0.05) is 13.1 Å². The molecule has 0 bridgehead atoms. The molecule has 86 valence electrons. The third-order valence-electron chi connectivity index (χ3n) is 2.62. The number of likely N-dealkylation sites (N-methyl/N-ethyl adjacent to an activating group) is 1. The second-order valence-electron chi connectivity index (χ2n) is 5.39. The van der Waals surface area contributed by atoms with Crippen LogP contribution in [-0.2, 0) is 0 Å². The Hall–Kier alpha value is -0.120. The van der Waals surface area contributed by atoms with Crippen LogP contribution >= 0.6 is 0 Å². The van der Waals surface area contributed by atoms with Gasteiger partial charge in [-0.25, -0.2) is 0 Å². The summed E-state index contributed by atoms with van der Waals surface area (Å²) in [5, 5.41) is 9.89. The Bertz CT molecular complexity index is 149. The highest BCUT2D eigenvalue weighted by molar-refractivity contribution is 4.79. The molecule has 0 saturated heterocycles. The minimum Gasteiger partial charge on any atom is -0.389 e. The Balaban J connectivity index is 4.04. The molecule has 14 heavy (non-hydrogen) atoms. The highest BCUT2D eigenvalue weighted by atomic mass is 16.3. The second-order valence-corrected chi connectivity index (χ2v) is 5.39. The van der Waals surface area contributed by atoms with E-state index in [1.54, 1.807) is 0 Å². The van der Waals surface area contributed by atoms with Crippen molar-refractivity contribution in [3.8, 4) is 0 Å². The molecule has 1 atom stereocenters. The van der Waals surface area contributed by atoms with Crippen LogP contribution in [0.1, 0.15) is 34.1 Å². The van der Waals surface area contributed by atoms with E-state index in [1.807, 2.05) is 20.9 Å². The zero-order chi connectivity index (χ0) is 11.4. The van der Waals surface area contributed by atoms with Crippen molar-refractivity contribution in [1.82, 2.24) is 4.90 Å². The van der Waals surface area contributed by atoms with E-state index >= 15 is 0 Å². The van der Waals surface area contributed by atoms with Crippen molar-refractivity contribution in [2.45, 2.75) is 39.7 Å². The monoisotopic (exact) mass is 202 g/mol. The minimum atomic E-state index is -0.584. The van der Waals surface area contributed by atoms with Crippen LogP contribution in [0.2, 0.25) is 0 Å². The molecule has 0 aliphatic heterocycles. The molecule has 0 aliphatic carbocycles. The van der Waals surface area contributed by atoms with Crippen molar-refractivity contribution in [3.05, 3.63) is 0 Å². The van der Waals surface area contributed by atoms with Gasteiger partial charge in [0.05, 0.1) is 5.60 Å². The Kier molecular flexibility index (Phi) is 5.06. The Morgan fingerprint density at radius 2 is 1.71 bits per heavy atom. The highest BCUT2D eigenvalue weighted by Crippen LogP contribution is 2.16. The first-order valence-corrected chi connectivity index (χ1v) is 5.33. The van der Waals surface area contributed by atoms with Gasteiger partial charge in [0.2, 0.25) is 0 Å². The van der Waals surface area contributed by atoms with Gasteiger partial charge in [-0.15, -0.1) is 0 Å². The van der Waals surface area contributed by atoms with E-state index in [0.29, 0.717) is 13.1 Å². The maximum atomic E-state index is 9.89. The number of aliphatic hydroxyl groups is 1. The lowest BCUT2D eigenvalue weighted by Gasteiger charge is -2.33.